The second kappa shape index (κ2) is 11.5. The molecule has 1 aliphatic rings. The van der Waals surface area contributed by atoms with Crippen molar-refractivity contribution in [2.24, 2.45) is 0 Å². The van der Waals surface area contributed by atoms with E-state index in [4.69, 9.17) is 28.2 Å². The predicted octanol–water partition coefficient (Wildman–Crippen LogP) is -0.309. The number of esters is 4. The number of rotatable bonds is 9. The van der Waals surface area contributed by atoms with Crippen molar-refractivity contribution < 1.29 is 55.8 Å². The van der Waals surface area contributed by atoms with Crippen LogP contribution < -0.4 is 0 Å². The summed E-state index contributed by atoms with van der Waals surface area (Å²) in [5.41, 5.74) is -1.09. The van der Waals surface area contributed by atoms with Gasteiger partial charge in [-0.25, -0.2) is 0 Å². The van der Waals surface area contributed by atoms with Crippen LogP contribution in [0.2, 0.25) is 0 Å². The Balaban J connectivity index is 3.25. The molecule has 0 saturated carbocycles. The van der Waals surface area contributed by atoms with Gasteiger partial charge in [-0.05, 0) is 0 Å². The Morgan fingerprint density at radius 1 is 0.867 bits per heavy atom. The molecule has 1 heterocycles. The molecule has 5 atom stereocenters. The number of thioether (sulfide) groups is 1. The second-order valence-corrected chi connectivity index (χ2v) is 9.00. The Kier molecular flexibility index (Phi) is 10.0. The lowest BCUT2D eigenvalue weighted by atomic mass is 9.99. The zero-order valence-electron chi connectivity index (χ0n) is 16.8. The summed E-state index contributed by atoms with van der Waals surface area (Å²) in [4.78, 5) is 46.1. The zero-order chi connectivity index (χ0) is 23.1. The number of hydrogen-bond acceptors (Lipinski definition) is 12. The van der Waals surface area contributed by atoms with E-state index in [1.165, 1.54) is 0 Å². The largest absolute Gasteiger partial charge is 0.463 e. The molecule has 30 heavy (non-hydrogen) atoms. The van der Waals surface area contributed by atoms with Crippen LogP contribution in [0, 0.1) is 0 Å². The van der Waals surface area contributed by atoms with Gasteiger partial charge < -0.3 is 23.7 Å². The summed E-state index contributed by atoms with van der Waals surface area (Å²) in [6.45, 7) is 4.05. The average Bonchev–Trinajstić information content (AvgIpc) is 2.55. The van der Waals surface area contributed by atoms with Crippen LogP contribution in [0.3, 0.4) is 0 Å². The van der Waals surface area contributed by atoms with Crippen LogP contribution in [0.15, 0.2) is 0 Å². The van der Waals surface area contributed by atoms with Crippen molar-refractivity contribution in [3.63, 3.8) is 0 Å². The van der Waals surface area contributed by atoms with Gasteiger partial charge >= 0.3 is 23.9 Å². The molecule has 14 heteroatoms. The SMILES string of the molecule is CC(=O)OC[C@H]1O[C@H](SCCS(=O)(=O)O)[C@H](OC(C)=O)[C@@H](OC(C)=O)[C@@H]1OC(C)=O. The smallest absolute Gasteiger partial charge is 0.303 e. The van der Waals surface area contributed by atoms with Crippen molar-refractivity contribution in [1.29, 1.82) is 0 Å². The maximum atomic E-state index is 11.7. The quantitative estimate of drug-likeness (QED) is 0.264. The molecule has 1 aliphatic heterocycles. The lowest BCUT2D eigenvalue weighted by Gasteiger charge is -2.44. The summed E-state index contributed by atoms with van der Waals surface area (Å²) in [7, 11) is -4.27. The van der Waals surface area contributed by atoms with E-state index in [-0.39, 0.29) is 12.4 Å². The number of ether oxygens (including phenoxy) is 5. The van der Waals surface area contributed by atoms with E-state index < -0.39 is 69.6 Å². The van der Waals surface area contributed by atoms with Gasteiger partial charge in [0.1, 0.15) is 18.1 Å². The summed E-state index contributed by atoms with van der Waals surface area (Å²) in [6, 6.07) is 0. The molecule has 172 valence electrons. The maximum absolute atomic E-state index is 11.7. The highest BCUT2D eigenvalue weighted by Gasteiger charge is 2.52. The highest BCUT2D eigenvalue weighted by Crippen LogP contribution is 2.34. The molecular formula is C16H24O12S2. The van der Waals surface area contributed by atoms with Gasteiger partial charge in [0.2, 0.25) is 0 Å². The normalized spacial score (nSPS) is 26.4. The van der Waals surface area contributed by atoms with Crippen molar-refractivity contribution in [3.05, 3.63) is 0 Å². The topological polar surface area (TPSA) is 169 Å². The fourth-order valence-electron chi connectivity index (χ4n) is 2.59. The van der Waals surface area contributed by atoms with Gasteiger partial charge in [-0.2, -0.15) is 8.42 Å². The van der Waals surface area contributed by atoms with Gasteiger partial charge in [0.25, 0.3) is 10.1 Å². The summed E-state index contributed by atoms with van der Waals surface area (Å²) >= 11 is 0.853. The van der Waals surface area contributed by atoms with Crippen molar-refractivity contribution in [2.45, 2.75) is 57.5 Å². The van der Waals surface area contributed by atoms with Crippen LogP contribution in [0.4, 0.5) is 0 Å². The fourth-order valence-corrected chi connectivity index (χ4v) is 4.67. The van der Waals surface area contributed by atoms with E-state index in [9.17, 15) is 27.6 Å². The first-order chi connectivity index (χ1) is 13.8. The number of carbonyl (C=O) groups is 4. The molecule has 0 radical (unpaired) electrons. The third-order valence-corrected chi connectivity index (χ3v) is 5.70. The minimum Gasteiger partial charge on any atom is -0.463 e. The molecule has 0 aromatic rings. The molecule has 1 rings (SSSR count). The van der Waals surface area contributed by atoms with Crippen LogP contribution in [0.1, 0.15) is 27.7 Å². The summed E-state index contributed by atoms with van der Waals surface area (Å²) in [5, 5.41) is 0. The van der Waals surface area contributed by atoms with E-state index in [1.807, 2.05) is 0 Å². The van der Waals surface area contributed by atoms with E-state index >= 15 is 0 Å². The molecule has 0 aromatic heterocycles. The molecule has 0 unspecified atom stereocenters. The predicted molar refractivity (Wildman–Crippen MR) is 101 cm³/mol. The van der Waals surface area contributed by atoms with Crippen LogP contribution >= 0.6 is 11.8 Å². The summed E-state index contributed by atoms with van der Waals surface area (Å²) < 4.78 is 57.2. The van der Waals surface area contributed by atoms with Gasteiger partial charge in [0, 0.05) is 33.4 Å². The van der Waals surface area contributed by atoms with Gasteiger partial charge in [-0.3, -0.25) is 23.7 Å². The van der Waals surface area contributed by atoms with Gasteiger partial charge in [0.15, 0.2) is 18.3 Å². The molecule has 0 aromatic carbocycles. The van der Waals surface area contributed by atoms with Gasteiger partial charge in [-0.1, -0.05) is 0 Å². The molecule has 0 bridgehead atoms. The van der Waals surface area contributed by atoms with Crippen molar-refractivity contribution in [1.82, 2.24) is 0 Å². The third kappa shape index (κ3) is 9.28. The molecular weight excluding hydrogens is 448 g/mol. The Labute approximate surface area is 177 Å². The fraction of sp³-hybridized carbons (Fsp3) is 0.750. The number of hydrogen-bond donors (Lipinski definition) is 1. The van der Waals surface area contributed by atoms with Gasteiger partial charge in [-0.15, -0.1) is 11.8 Å². The maximum Gasteiger partial charge on any atom is 0.303 e. The Morgan fingerprint density at radius 2 is 1.37 bits per heavy atom. The third-order valence-electron chi connectivity index (χ3n) is 3.57. The van der Waals surface area contributed by atoms with Gasteiger partial charge in [0.05, 0.1) is 5.75 Å². The molecule has 0 amide bonds. The van der Waals surface area contributed by atoms with E-state index in [0.717, 1.165) is 39.5 Å². The summed E-state index contributed by atoms with van der Waals surface area (Å²) in [5.74, 6) is -3.73. The van der Waals surface area contributed by atoms with Crippen LogP contribution in [-0.4, -0.2) is 84.8 Å². The van der Waals surface area contributed by atoms with E-state index in [1.54, 1.807) is 0 Å². The highest BCUT2D eigenvalue weighted by molar-refractivity contribution is 8.00. The minimum absolute atomic E-state index is 0.160. The molecule has 1 N–H and O–H groups in total. The first-order valence-corrected chi connectivity index (χ1v) is 11.3. The van der Waals surface area contributed by atoms with Crippen LogP contribution in [-0.2, 0) is 53.0 Å². The second-order valence-electron chi connectivity index (χ2n) is 6.22. The lowest BCUT2D eigenvalue weighted by Crippen LogP contribution is -2.61. The van der Waals surface area contributed by atoms with Crippen molar-refractivity contribution in [2.75, 3.05) is 18.1 Å². The molecule has 1 fully saturated rings. The molecule has 12 nitrogen and oxygen atoms in total. The van der Waals surface area contributed by atoms with E-state index in [2.05, 4.69) is 0 Å². The first kappa shape index (κ1) is 26.1. The zero-order valence-corrected chi connectivity index (χ0v) is 18.4. The number of carbonyl (C=O) groups excluding carboxylic acids is 4. The molecule has 0 spiro atoms. The molecule has 1 saturated heterocycles. The Bertz CT molecular complexity index is 749. The average molecular weight is 472 g/mol. The lowest BCUT2D eigenvalue weighted by molar-refractivity contribution is -0.237. The Hall–Kier alpha value is -1.90. The Morgan fingerprint density at radius 3 is 1.83 bits per heavy atom. The first-order valence-electron chi connectivity index (χ1n) is 8.67. The van der Waals surface area contributed by atoms with Crippen LogP contribution in [0.25, 0.3) is 0 Å². The van der Waals surface area contributed by atoms with Crippen LogP contribution in [0.5, 0.6) is 0 Å². The monoisotopic (exact) mass is 472 g/mol. The standard InChI is InChI=1S/C16H24O12S2/c1-8(17)24-7-12-13(25-9(2)18)14(26-10(3)19)15(27-11(4)20)16(28-12)29-5-6-30(21,22)23/h12-16H,5-7H2,1-4H3,(H,21,22,23)/t12-,13-,14+,15-,16-/m1/s1. The molecule has 0 aliphatic carbocycles. The van der Waals surface area contributed by atoms with E-state index in [0.29, 0.717) is 0 Å². The van der Waals surface area contributed by atoms with Crippen molar-refractivity contribution >= 4 is 45.8 Å². The van der Waals surface area contributed by atoms with Crippen molar-refractivity contribution in [3.8, 4) is 0 Å². The summed E-state index contributed by atoms with van der Waals surface area (Å²) in [6.07, 6.45) is -5.01. The minimum atomic E-state index is -4.27. The highest BCUT2D eigenvalue weighted by atomic mass is 32.2.